The summed E-state index contributed by atoms with van der Waals surface area (Å²) in [6, 6.07) is 30.0. The minimum absolute atomic E-state index is 0.0615. The summed E-state index contributed by atoms with van der Waals surface area (Å²) >= 11 is 0. The van der Waals surface area contributed by atoms with Crippen LogP contribution in [0, 0.1) is 0 Å². The highest BCUT2D eigenvalue weighted by molar-refractivity contribution is 5.75. The average molecular weight is 424 g/mol. The van der Waals surface area contributed by atoms with Crippen LogP contribution in [0.15, 0.2) is 97.2 Å². The molecular weight excluding hydrogens is 398 g/mol. The van der Waals surface area contributed by atoms with E-state index in [2.05, 4.69) is 15.6 Å². The maximum atomic E-state index is 13.2. The number of hydrogen-bond donors (Lipinski definition) is 1. The van der Waals surface area contributed by atoms with Gasteiger partial charge in [0.2, 0.25) is 0 Å². The first-order valence-corrected chi connectivity index (χ1v) is 10.9. The van der Waals surface area contributed by atoms with E-state index >= 15 is 0 Å². The van der Waals surface area contributed by atoms with Gasteiger partial charge in [-0.05, 0) is 17.5 Å². The first-order chi connectivity index (χ1) is 15.8. The SMILES string of the molecule is O=C(NC(c1ccccc1)c1ccccc1)N1CCC(n2cc(-c3ccccc3)nn2)C1. The molecule has 1 atom stereocenters. The van der Waals surface area contributed by atoms with Crippen molar-refractivity contribution in [2.24, 2.45) is 0 Å². The molecule has 1 aromatic heterocycles. The Labute approximate surface area is 187 Å². The molecule has 0 saturated carbocycles. The number of hydrogen-bond acceptors (Lipinski definition) is 3. The minimum atomic E-state index is -0.194. The van der Waals surface area contributed by atoms with E-state index in [9.17, 15) is 4.79 Å². The summed E-state index contributed by atoms with van der Waals surface area (Å²) in [6.07, 6.45) is 2.82. The average Bonchev–Trinajstić information content (AvgIpc) is 3.54. The largest absolute Gasteiger partial charge is 0.327 e. The molecule has 6 nitrogen and oxygen atoms in total. The molecule has 1 fully saturated rings. The molecule has 1 saturated heterocycles. The molecule has 3 aromatic carbocycles. The van der Waals surface area contributed by atoms with Crippen molar-refractivity contribution in [1.29, 1.82) is 0 Å². The first-order valence-electron chi connectivity index (χ1n) is 10.9. The van der Waals surface area contributed by atoms with Crippen molar-refractivity contribution in [1.82, 2.24) is 25.2 Å². The van der Waals surface area contributed by atoms with Gasteiger partial charge in [0.1, 0.15) is 5.69 Å². The molecule has 0 aliphatic carbocycles. The van der Waals surface area contributed by atoms with Crippen LogP contribution in [0.25, 0.3) is 11.3 Å². The minimum Gasteiger partial charge on any atom is -0.327 e. The fourth-order valence-electron chi connectivity index (χ4n) is 4.20. The number of rotatable bonds is 5. The van der Waals surface area contributed by atoms with Gasteiger partial charge in [-0.25, -0.2) is 9.48 Å². The predicted octanol–water partition coefficient (Wildman–Crippen LogP) is 4.69. The highest BCUT2D eigenvalue weighted by Crippen LogP contribution is 2.26. The topological polar surface area (TPSA) is 63.1 Å². The van der Waals surface area contributed by atoms with Gasteiger partial charge in [0, 0.05) is 18.7 Å². The molecule has 1 aliphatic heterocycles. The molecule has 1 N–H and O–H groups in total. The van der Waals surface area contributed by atoms with E-state index in [0.29, 0.717) is 13.1 Å². The number of aromatic nitrogens is 3. The highest BCUT2D eigenvalue weighted by atomic mass is 16.2. The first kappa shape index (κ1) is 20.0. The lowest BCUT2D eigenvalue weighted by Gasteiger charge is -2.24. The van der Waals surface area contributed by atoms with Crippen LogP contribution < -0.4 is 5.32 Å². The standard InChI is InChI=1S/C26H25N5O/c32-26(27-25(21-12-6-2-7-13-21)22-14-8-3-9-15-22)30-17-16-23(18-30)31-19-24(28-29-31)20-10-4-1-5-11-20/h1-15,19,23,25H,16-18H2,(H,27,32). The Balaban J connectivity index is 1.29. The Hall–Kier alpha value is -3.93. The molecule has 1 aliphatic rings. The van der Waals surface area contributed by atoms with Gasteiger partial charge < -0.3 is 10.2 Å². The number of nitrogens with one attached hydrogen (secondary N) is 1. The van der Waals surface area contributed by atoms with E-state index in [1.807, 2.05) is 107 Å². The zero-order chi connectivity index (χ0) is 21.8. The zero-order valence-corrected chi connectivity index (χ0v) is 17.7. The summed E-state index contributed by atoms with van der Waals surface area (Å²) in [7, 11) is 0. The van der Waals surface area contributed by atoms with Gasteiger partial charge in [0.15, 0.2) is 0 Å². The Morgan fingerprint density at radius 3 is 2.09 bits per heavy atom. The number of nitrogens with zero attached hydrogens (tertiary/aromatic N) is 4. The molecule has 0 radical (unpaired) electrons. The molecule has 1 unspecified atom stereocenters. The monoisotopic (exact) mass is 423 g/mol. The number of benzene rings is 3. The van der Waals surface area contributed by atoms with Crippen molar-refractivity contribution >= 4 is 6.03 Å². The quantitative estimate of drug-likeness (QED) is 0.506. The second-order valence-corrected chi connectivity index (χ2v) is 8.04. The van der Waals surface area contributed by atoms with Crippen LogP contribution in [-0.2, 0) is 0 Å². The molecule has 2 heterocycles. The van der Waals surface area contributed by atoms with E-state index in [1.54, 1.807) is 0 Å². The molecule has 4 aromatic rings. The third-order valence-corrected chi connectivity index (χ3v) is 5.94. The summed E-state index contributed by atoms with van der Waals surface area (Å²) in [5, 5.41) is 11.9. The molecule has 32 heavy (non-hydrogen) atoms. The zero-order valence-electron chi connectivity index (χ0n) is 17.7. The fraction of sp³-hybridized carbons (Fsp3) is 0.192. The highest BCUT2D eigenvalue weighted by Gasteiger charge is 2.30. The molecule has 0 spiro atoms. The number of carbonyl (C=O) groups excluding carboxylic acids is 1. The van der Waals surface area contributed by atoms with Crippen LogP contribution in [0.2, 0.25) is 0 Å². The molecule has 2 amide bonds. The van der Waals surface area contributed by atoms with Gasteiger partial charge >= 0.3 is 6.03 Å². The van der Waals surface area contributed by atoms with Crippen molar-refractivity contribution < 1.29 is 4.79 Å². The van der Waals surface area contributed by atoms with E-state index < -0.39 is 0 Å². The van der Waals surface area contributed by atoms with Gasteiger partial charge in [-0.15, -0.1) is 5.10 Å². The van der Waals surface area contributed by atoms with Crippen molar-refractivity contribution in [2.75, 3.05) is 13.1 Å². The van der Waals surface area contributed by atoms with Gasteiger partial charge in [-0.1, -0.05) is 96.2 Å². The summed E-state index contributed by atoms with van der Waals surface area (Å²) in [5.41, 5.74) is 4.01. The van der Waals surface area contributed by atoms with Crippen molar-refractivity contribution in [3.63, 3.8) is 0 Å². The van der Waals surface area contributed by atoms with Gasteiger partial charge in [-0.3, -0.25) is 0 Å². The van der Waals surface area contributed by atoms with Crippen LogP contribution in [0.3, 0.4) is 0 Å². The summed E-state index contributed by atoms with van der Waals surface area (Å²) < 4.78 is 1.89. The van der Waals surface area contributed by atoms with Gasteiger partial charge in [0.25, 0.3) is 0 Å². The summed E-state index contributed by atoms with van der Waals surface area (Å²) in [5.74, 6) is 0. The fourth-order valence-corrected chi connectivity index (χ4v) is 4.20. The maximum Gasteiger partial charge on any atom is 0.318 e. The van der Waals surface area contributed by atoms with Crippen LogP contribution in [0.4, 0.5) is 4.79 Å². The number of amides is 2. The third kappa shape index (κ3) is 4.25. The van der Waals surface area contributed by atoms with Crippen LogP contribution in [0.1, 0.15) is 29.6 Å². The lowest BCUT2D eigenvalue weighted by atomic mass is 9.99. The number of likely N-dealkylation sites (tertiary alicyclic amines) is 1. The molecular formula is C26H25N5O. The summed E-state index contributed by atoms with van der Waals surface area (Å²) in [6.45, 7) is 1.30. The normalized spacial score (nSPS) is 15.8. The Morgan fingerprint density at radius 2 is 1.47 bits per heavy atom. The van der Waals surface area contributed by atoms with Crippen molar-refractivity contribution in [2.45, 2.75) is 18.5 Å². The van der Waals surface area contributed by atoms with E-state index in [1.165, 1.54) is 0 Å². The van der Waals surface area contributed by atoms with Gasteiger partial charge in [-0.2, -0.15) is 0 Å². The second kappa shape index (κ2) is 9.06. The Kier molecular flexibility index (Phi) is 5.66. The van der Waals surface area contributed by atoms with Crippen LogP contribution in [0.5, 0.6) is 0 Å². The molecule has 160 valence electrons. The van der Waals surface area contributed by atoms with E-state index in [0.717, 1.165) is 28.8 Å². The molecule has 0 bridgehead atoms. The number of carbonyl (C=O) groups is 1. The predicted molar refractivity (Wildman–Crippen MR) is 124 cm³/mol. The maximum absolute atomic E-state index is 13.2. The van der Waals surface area contributed by atoms with Crippen molar-refractivity contribution in [3.8, 4) is 11.3 Å². The van der Waals surface area contributed by atoms with Crippen molar-refractivity contribution in [3.05, 3.63) is 108 Å². The van der Waals surface area contributed by atoms with E-state index in [4.69, 9.17) is 0 Å². The van der Waals surface area contributed by atoms with E-state index in [-0.39, 0.29) is 18.1 Å². The summed E-state index contributed by atoms with van der Waals surface area (Å²) in [4.78, 5) is 15.0. The second-order valence-electron chi connectivity index (χ2n) is 8.04. The smallest absolute Gasteiger partial charge is 0.318 e. The van der Waals surface area contributed by atoms with Crippen LogP contribution >= 0.6 is 0 Å². The Bertz CT molecular complexity index is 1120. The van der Waals surface area contributed by atoms with Crippen LogP contribution in [-0.4, -0.2) is 39.0 Å². The lowest BCUT2D eigenvalue weighted by Crippen LogP contribution is -2.40. The number of urea groups is 1. The lowest BCUT2D eigenvalue weighted by molar-refractivity contribution is 0.204. The van der Waals surface area contributed by atoms with Gasteiger partial charge in [0.05, 0.1) is 18.3 Å². The Morgan fingerprint density at radius 1 is 0.875 bits per heavy atom. The third-order valence-electron chi connectivity index (χ3n) is 5.94. The molecule has 5 rings (SSSR count). The molecule has 6 heteroatoms.